The SMILES string of the molecule is CCCC(=O)N(C)[C@H](CSCCC[C@H](C)O)C(=O)N(C)[C@@H](CC(C)(C)O)C(N)=O. The molecule has 8 nitrogen and oxygen atoms in total. The molecular weight excluding hydrogens is 394 g/mol. The summed E-state index contributed by atoms with van der Waals surface area (Å²) in [5.41, 5.74) is 4.30. The largest absolute Gasteiger partial charge is 0.393 e. The van der Waals surface area contributed by atoms with Crippen LogP contribution in [0.1, 0.15) is 59.8 Å². The van der Waals surface area contributed by atoms with Crippen LogP contribution in [-0.2, 0) is 14.4 Å². The van der Waals surface area contributed by atoms with Crippen LogP contribution in [0, 0.1) is 0 Å². The highest BCUT2D eigenvalue weighted by molar-refractivity contribution is 7.99. The minimum Gasteiger partial charge on any atom is -0.393 e. The Bertz CT molecular complexity index is 537. The molecule has 0 heterocycles. The van der Waals surface area contributed by atoms with E-state index >= 15 is 0 Å². The number of nitrogens with zero attached hydrogens (tertiary/aromatic N) is 2. The third kappa shape index (κ3) is 10.9. The number of carbonyl (C=O) groups excluding carboxylic acids is 3. The van der Waals surface area contributed by atoms with E-state index in [0.29, 0.717) is 25.0 Å². The van der Waals surface area contributed by atoms with Crippen molar-refractivity contribution in [2.45, 2.75) is 83.6 Å². The maximum Gasteiger partial charge on any atom is 0.246 e. The summed E-state index contributed by atoms with van der Waals surface area (Å²) in [5.74, 6) is -0.0936. The van der Waals surface area contributed by atoms with Gasteiger partial charge in [-0.05, 0) is 45.8 Å². The third-order valence-corrected chi connectivity index (χ3v) is 5.76. The first-order chi connectivity index (χ1) is 13.3. The van der Waals surface area contributed by atoms with Crippen LogP contribution in [0.25, 0.3) is 0 Å². The molecule has 0 saturated carbocycles. The van der Waals surface area contributed by atoms with Crippen molar-refractivity contribution in [2.24, 2.45) is 5.73 Å². The van der Waals surface area contributed by atoms with E-state index in [-0.39, 0.29) is 24.3 Å². The summed E-state index contributed by atoms with van der Waals surface area (Å²) >= 11 is 1.53. The summed E-state index contributed by atoms with van der Waals surface area (Å²) in [6.07, 6.45) is 2.11. The van der Waals surface area contributed by atoms with E-state index in [4.69, 9.17) is 5.73 Å². The van der Waals surface area contributed by atoms with Crippen molar-refractivity contribution in [3.63, 3.8) is 0 Å². The highest BCUT2D eigenvalue weighted by atomic mass is 32.2. The van der Waals surface area contributed by atoms with Gasteiger partial charge in [-0.25, -0.2) is 0 Å². The molecule has 0 aliphatic heterocycles. The van der Waals surface area contributed by atoms with Gasteiger partial charge in [0.1, 0.15) is 12.1 Å². The average molecular weight is 434 g/mol. The van der Waals surface area contributed by atoms with Gasteiger partial charge in [-0.2, -0.15) is 11.8 Å². The summed E-state index contributed by atoms with van der Waals surface area (Å²) in [6.45, 7) is 6.73. The number of hydrogen-bond acceptors (Lipinski definition) is 6. The molecule has 0 radical (unpaired) electrons. The van der Waals surface area contributed by atoms with E-state index in [9.17, 15) is 24.6 Å². The van der Waals surface area contributed by atoms with Crippen LogP contribution in [0.3, 0.4) is 0 Å². The standard InChI is InChI=1S/C20H39N3O5S/c1-7-9-17(25)22(5)16(13-29-11-8-10-14(2)24)19(27)23(6)15(18(21)26)12-20(3,4)28/h14-16,24,28H,7-13H2,1-6H3,(H2,21,26)/t14-,15-,16+/m0/s1. The molecule has 0 aromatic carbocycles. The number of aliphatic hydroxyl groups excluding tert-OH is 1. The first kappa shape index (κ1) is 27.7. The highest BCUT2D eigenvalue weighted by Crippen LogP contribution is 2.19. The molecule has 0 saturated heterocycles. The molecule has 0 unspecified atom stereocenters. The van der Waals surface area contributed by atoms with E-state index in [1.54, 1.807) is 27.8 Å². The molecule has 0 aliphatic carbocycles. The number of rotatable bonds is 14. The minimum absolute atomic E-state index is 0.00540. The van der Waals surface area contributed by atoms with Crippen LogP contribution in [0.4, 0.5) is 0 Å². The van der Waals surface area contributed by atoms with E-state index in [2.05, 4.69) is 0 Å². The molecule has 9 heteroatoms. The zero-order valence-corrected chi connectivity index (χ0v) is 19.5. The Hall–Kier alpha value is -1.32. The molecule has 0 aliphatic rings. The third-order valence-electron chi connectivity index (χ3n) is 4.63. The van der Waals surface area contributed by atoms with Crippen molar-refractivity contribution < 1.29 is 24.6 Å². The second kappa shape index (κ2) is 13.1. The van der Waals surface area contributed by atoms with Crippen molar-refractivity contribution in [1.82, 2.24) is 9.80 Å². The Labute approximate surface area is 179 Å². The van der Waals surface area contributed by atoms with Gasteiger partial charge in [0.25, 0.3) is 0 Å². The van der Waals surface area contributed by atoms with Crippen molar-refractivity contribution in [3.05, 3.63) is 0 Å². The van der Waals surface area contributed by atoms with E-state index in [1.165, 1.54) is 28.6 Å². The molecular formula is C20H39N3O5S. The van der Waals surface area contributed by atoms with Crippen molar-refractivity contribution in [2.75, 3.05) is 25.6 Å². The fourth-order valence-corrected chi connectivity index (χ4v) is 4.01. The second-order valence-corrected chi connectivity index (χ2v) is 9.37. The van der Waals surface area contributed by atoms with Gasteiger partial charge in [0.15, 0.2) is 0 Å². The fourth-order valence-electron chi connectivity index (χ4n) is 2.88. The minimum atomic E-state index is -1.18. The lowest BCUT2D eigenvalue weighted by Gasteiger charge is -2.35. The number of carbonyl (C=O) groups is 3. The molecule has 0 spiro atoms. The fraction of sp³-hybridized carbons (Fsp3) is 0.850. The number of aliphatic hydroxyl groups is 2. The molecule has 0 rings (SSSR count). The zero-order chi connectivity index (χ0) is 22.8. The number of amides is 3. The lowest BCUT2D eigenvalue weighted by atomic mass is 9.97. The van der Waals surface area contributed by atoms with Crippen LogP contribution in [0.2, 0.25) is 0 Å². The lowest BCUT2D eigenvalue weighted by molar-refractivity contribution is -0.147. The van der Waals surface area contributed by atoms with Gasteiger partial charge in [-0.3, -0.25) is 14.4 Å². The summed E-state index contributed by atoms with van der Waals surface area (Å²) in [6, 6.07) is -1.71. The first-order valence-corrected chi connectivity index (χ1v) is 11.3. The van der Waals surface area contributed by atoms with Crippen molar-refractivity contribution in [1.29, 1.82) is 0 Å². The Morgan fingerprint density at radius 2 is 1.72 bits per heavy atom. The van der Waals surface area contributed by atoms with Crippen molar-refractivity contribution in [3.8, 4) is 0 Å². The Kier molecular flexibility index (Phi) is 12.5. The normalized spacial score (nSPS) is 14.8. The molecule has 0 fully saturated rings. The topological polar surface area (TPSA) is 124 Å². The number of hydrogen-bond donors (Lipinski definition) is 3. The van der Waals surface area contributed by atoms with Crippen molar-refractivity contribution >= 4 is 29.5 Å². The molecule has 4 N–H and O–H groups in total. The lowest BCUT2D eigenvalue weighted by Crippen LogP contribution is -2.56. The van der Waals surface area contributed by atoms with Crippen LogP contribution in [0.15, 0.2) is 0 Å². The summed E-state index contributed by atoms with van der Waals surface area (Å²) in [5, 5.41) is 19.4. The van der Waals surface area contributed by atoms with Gasteiger partial charge < -0.3 is 25.7 Å². The smallest absolute Gasteiger partial charge is 0.246 e. The monoisotopic (exact) mass is 433 g/mol. The van der Waals surface area contributed by atoms with Gasteiger partial charge in [-0.15, -0.1) is 0 Å². The zero-order valence-electron chi connectivity index (χ0n) is 18.7. The van der Waals surface area contributed by atoms with Crippen LogP contribution >= 0.6 is 11.8 Å². The summed E-state index contributed by atoms with van der Waals surface area (Å²) < 4.78 is 0. The quantitative estimate of drug-likeness (QED) is 0.351. The molecule has 29 heavy (non-hydrogen) atoms. The van der Waals surface area contributed by atoms with Crippen LogP contribution < -0.4 is 5.73 Å². The predicted molar refractivity (Wildman–Crippen MR) is 116 cm³/mol. The Balaban J connectivity index is 5.35. The maximum atomic E-state index is 13.2. The van der Waals surface area contributed by atoms with Gasteiger partial charge in [-0.1, -0.05) is 6.92 Å². The number of nitrogens with two attached hydrogens (primary N) is 1. The predicted octanol–water partition coefficient (Wildman–Crippen LogP) is 0.981. The number of thioether (sulfide) groups is 1. The summed E-state index contributed by atoms with van der Waals surface area (Å²) in [7, 11) is 3.08. The van der Waals surface area contributed by atoms with Crippen LogP contribution in [-0.4, -0.2) is 87.1 Å². The van der Waals surface area contributed by atoms with E-state index < -0.39 is 23.6 Å². The van der Waals surface area contributed by atoms with Gasteiger partial charge in [0.05, 0.1) is 11.7 Å². The maximum absolute atomic E-state index is 13.2. The highest BCUT2D eigenvalue weighted by Gasteiger charge is 2.36. The average Bonchev–Trinajstić information content (AvgIpc) is 2.60. The van der Waals surface area contributed by atoms with Gasteiger partial charge >= 0.3 is 0 Å². The summed E-state index contributed by atoms with van der Waals surface area (Å²) in [4.78, 5) is 40.2. The molecule has 3 amide bonds. The van der Waals surface area contributed by atoms with Gasteiger partial charge in [0.2, 0.25) is 17.7 Å². The number of likely N-dealkylation sites (N-methyl/N-ethyl adjacent to an activating group) is 2. The first-order valence-electron chi connectivity index (χ1n) is 10.1. The van der Waals surface area contributed by atoms with Crippen LogP contribution in [0.5, 0.6) is 0 Å². The molecule has 170 valence electrons. The molecule has 0 aromatic heterocycles. The van der Waals surface area contributed by atoms with E-state index in [1.807, 2.05) is 6.92 Å². The number of primary amides is 1. The molecule has 0 bridgehead atoms. The second-order valence-electron chi connectivity index (χ2n) is 8.22. The van der Waals surface area contributed by atoms with E-state index in [0.717, 1.165) is 12.2 Å². The molecule has 3 atom stereocenters. The molecule has 0 aromatic rings. The van der Waals surface area contributed by atoms with Gasteiger partial charge in [0, 0.05) is 32.7 Å². The Morgan fingerprint density at radius 1 is 1.14 bits per heavy atom. The Morgan fingerprint density at radius 3 is 2.17 bits per heavy atom.